The fraction of sp³-hybridized carbons (Fsp3) is 0.147. The Morgan fingerprint density at radius 2 is 1.59 bits per heavy atom. The Bertz CT molecular complexity index is 1710. The zero-order valence-corrected chi connectivity index (χ0v) is 25.5. The van der Waals surface area contributed by atoms with Crippen LogP contribution in [-0.2, 0) is 13.0 Å². The zero-order chi connectivity index (χ0) is 31.2. The van der Waals surface area contributed by atoms with Gasteiger partial charge in [0.15, 0.2) is 0 Å². The van der Waals surface area contributed by atoms with Gasteiger partial charge < -0.3 is 19.5 Å². The highest BCUT2D eigenvalue weighted by Crippen LogP contribution is 2.32. The molecular formula is C34H29Cl2N3O5. The average molecular weight is 631 g/mol. The Morgan fingerprint density at radius 1 is 0.909 bits per heavy atom. The van der Waals surface area contributed by atoms with Gasteiger partial charge in [0.05, 0.1) is 29.4 Å². The molecule has 1 atom stereocenters. The smallest absolute Gasteiger partial charge is 0.418 e. The maximum atomic E-state index is 13.2. The molecule has 0 aromatic heterocycles. The first kappa shape index (κ1) is 30.7. The van der Waals surface area contributed by atoms with Crippen molar-refractivity contribution in [2.45, 2.75) is 19.1 Å². The summed E-state index contributed by atoms with van der Waals surface area (Å²) in [7, 11) is 3.29. The predicted octanol–water partition coefficient (Wildman–Crippen LogP) is 7.66. The predicted molar refractivity (Wildman–Crippen MR) is 172 cm³/mol. The summed E-state index contributed by atoms with van der Waals surface area (Å²) in [5, 5.41) is 10.9. The van der Waals surface area contributed by atoms with Gasteiger partial charge in [0.25, 0.3) is 5.91 Å². The molecule has 0 saturated carbocycles. The van der Waals surface area contributed by atoms with Crippen molar-refractivity contribution in [2.75, 3.05) is 14.2 Å². The normalized spacial score (nSPS) is 16.4. The number of hydrogen-bond donors (Lipinski definition) is 1. The fourth-order valence-corrected chi connectivity index (χ4v) is 5.35. The first-order valence-electron chi connectivity index (χ1n) is 13.7. The Morgan fingerprint density at radius 3 is 2.23 bits per heavy atom. The third kappa shape index (κ3) is 7.05. The number of halogens is 2. The Labute approximate surface area is 265 Å². The molecule has 8 nitrogen and oxygen atoms in total. The molecule has 1 heterocycles. The molecular weight excluding hydrogens is 601 g/mol. The number of ether oxygens (including phenoxy) is 2. The van der Waals surface area contributed by atoms with Gasteiger partial charge in [-0.05, 0) is 71.7 Å². The van der Waals surface area contributed by atoms with Gasteiger partial charge in [0.1, 0.15) is 18.1 Å². The largest absolute Gasteiger partial charge is 0.497 e. The molecule has 0 bridgehead atoms. The molecule has 4 aromatic carbocycles. The summed E-state index contributed by atoms with van der Waals surface area (Å²) in [4.78, 5) is 32.9. The van der Waals surface area contributed by atoms with E-state index in [1.54, 1.807) is 37.3 Å². The van der Waals surface area contributed by atoms with Crippen LogP contribution in [0.2, 0.25) is 10.0 Å². The van der Waals surface area contributed by atoms with E-state index in [0.717, 1.165) is 21.6 Å². The van der Waals surface area contributed by atoms with E-state index < -0.39 is 18.0 Å². The van der Waals surface area contributed by atoms with Crippen LogP contribution >= 0.6 is 23.2 Å². The van der Waals surface area contributed by atoms with Crippen LogP contribution in [0, 0.1) is 0 Å². The molecule has 1 fully saturated rings. The quantitative estimate of drug-likeness (QED) is 0.215. The standard InChI is InChI=1S/C34H29Cl2N3O5/c1-38-30(18-22-10-15-27(16-11-22)44-21-24-6-4-3-5-7-24)31(19-23-8-13-26(43-2)14-9-23)39(34(41)42)33(38)37-32(40)28-17-12-25(35)20-29(28)36/h3-17,19-20,30H,18,21H2,1-2H3,(H,41,42)/b31-19-,37-33?. The lowest BCUT2D eigenvalue weighted by Crippen LogP contribution is -2.36. The molecule has 1 aliphatic rings. The number of hydrogen-bond acceptors (Lipinski definition) is 4. The minimum Gasteiger partial charge on any atom is -0.497 e. The Hall–Kier alpha value is -4.79. The van der Waals surface area contributed by atoms with Crippen LogP contribution in [0.15, 0.2) is 108 Å². The molecule has 4 aromatic rings. The maximum Gasteiger partial charge on any atom is 0.418 e. The van der Waals surface area contributed by atoms with E-state index in [0.29, 0.717) is 35.2 Å². The van der Waals surface area contributed by atoms with E-state index >= 15 is 0 Å². The van der Waals surface area contributed by atoms with Crippen molar-refractivity contribution in [2.24, 2.45) is 4.99 Å². The number of carbonyl (C=O) groups excluding carboxylic acids is 1. The number of amides is 2. The van der Waals surface area contributed by atoms with Gasteiger partial charge in [0, 0.05) is 12.1 Å². The number of likely N-dealkylation sites (N-methyl/N-ethyl adjacent to an activating group) is 1. The maximum absolute atomic E-state index is 13.2. The first-order chi connectivity index (χ1) is 21.2. The van der Waals surface area contributed by atoms with E-state index in [4.69, 9.17) is 32.7 Å². The second-order valence-electron chi connectivity index (χ2n) is 10.1. The monoisotopic (exact) mass is 629 g/mol. The van der Waals surface area contributed by atoms with Gasteiger partial charge in [-0.2, -0.15) is 4.99 Å². The molecule has 224 valence electrons. The molecule has 10 heteroatoms. The van der Waals surface area contributed by atoms with Crippen LogP contribution in [-0.4, -0.2) is 53.1 Å². The SMILES string of the molecule is COc1ccc(/C=C2/C(Cc3ccc(OCc4ccccc4)cc3)N(C)C(=NC(=O)c3ccc(Cl)cc3Cl)N2C(=O)O)cc1. The number of methoxy groups -OCH3 is 1. The van der Waals surface area contributed by atoms with Crippen molar-refractivity contribution in [1.29, 1.82) is 0 Å². The van der Waals surface area contributed by atoms with E-state index in [9.17, 15) is 14.7 Å². The molecule has 0 spiro atoms. The molecule has 5 rings (SSSR count). The highest BCUT2D eigenvalue weighted by molar-refractivity contribution is 6.37. The number of nitrogens with zero attached hydrogens (tertiary/aromatic N) is 3. The minimum atomic E-state index is -1.28. The lowest BCUT2D eigenvalue weighted by atomic mass is 10.0. The van der Waals surface area contributed by atoms with E-state index in [2.05, 4.69) is 4.99 Å². The van der Waals surface area contributed by atoms with Crippen molar-refractivity contribution < 1.29 is 24.2 Å². The average Bonchev–Trinajstić information content (AvgIpc) is 3.27. The van der Waals surface area contributed by atoms with Crippen LogP contribution in [0.25, 0.3) is 6.08 Å². The molecule has 0 aliphatic carbocycles. The third-order valence-corrected chi connectivity index (χ3v) is 7.72. The minimum absolute atomic E-state index is 0.0407. The van der Waals surface area contributed by atoms with Crippen LogP contribution < -0.4 is 9.47 Å². The molecule has 1 aliphatic heterocycles. The van der Waals surface area contributed by atoms with Gasteiger partial charge in [-0.25, -0.2) is 9.69 Å². The van der Waals surface area contributed by atoms with Gasteiger partial charge in [-0.15, -0.1) is 0 Å². The molecule has 2 amide bonds. The summed E-state index contributed by atoms with van der Waals surface area (Å²) in [6.07, 6.45) is 0.919. The number of carboxylic acid groups (broad SMARTS) is 1. The molecule has 1 saturated heterocycles. The topological polar surface area (TPSA) is 91.7 Å². The summed E-state index contributed by atoms with van der Waals surface area (Å²) >= 11 is 12.3. The molecule has 0 radical (unpaired) electrons. The van der Waals surface area contributed by atoms with E-state index in [-0.39, 0.29) is 16.5 Å². The van der Waals surface area contributed by atoms with Crippen LogP contribution in [0.4, 0.5) is 4.79 Å². The van der Waals surface area contributed by atoms with Gasteiger partial charge in [-0.3, -0.25) is 4.79 Å². The van der Waals surface area contributed by atoms with Crippen molar-refractivity contribution in [3.63, 3.8) is 0 Å². The Kier molecular flexibility index (Phi) is 9.53. The highest BCUT2D eigenvalue weighted by Gasteiger charge is 2.42. The molecule has 1 N–H and O–H groups in total. The number of carbonyl (C=O) groups is 2. The van der Waals surface area contributed by atoms with Gasteiger partial charge in [0.2, 0.25) is 5.96 Å². The van der Waals surface area contributed by atoms with Crippen molar-refractivity contribution in [1.82, 2.24) is 9.80 Å². The van der Waals surface area contributed by atoms with Crippen LogP contribution in [0.3, 0.4) is 0 Å². The van der Waals surface area contributed by atoms with Crippen molar-refractivity contribution in [3.8, 4) is 11.5 Å². The zero-order valence-electron chi connectivity index (χ0n) is 24.0. The van der Waals surface area contributed by atoms with Gasteiger partial charge in [-0.1, -0.05) is 77.8 Å². The molecule has 44 heavy (non-hydrogen) atoms. The summed E-state index contributed by atoms with van der Waals surface area (Å²) in [6, 6.07) is 28.7. The lowest BCUT2D eigenvalue weighted by Gasteiger charge is -2.20. The fourth-order valence-electron chi connectivity index (χ4n) is 4.86. The summed E-state index contributed by atoms with van der Waals surface area (Å²) in [5.74, 6) is 0.654. The number of benzene rings is 4. The number of rotatable bonds is 8. The second kappa shape index (κ2) is 13.7. The van der Waals surface area contributed by atoms with Crippen LogP contribution in [0.1, 0.15) is 27.0 Å². The highest BCUT2D eigenvalue weighted by atomic mass is 35.5. The second-order valence-corrected chi connectivity index (χ2v) is 10.9. The van der Waals surface area contributed by atoms with E-state index in [1.807, 2.05) is 66.7 Å². The van der Waals surface area contributed by atoms with Gasteiger partial charge >= 0.3 is 6.09 Å². The lowest BCUT2D eigenvalue weighted by molar-refractivity contribution is 0.100. The van der Waals surface area contributed by atoms with Crippen LogP contribution in [0.5, 0.6) is 11.5 Å². The number of guanidine groups is 1. The first-order valence-corrected chi connectivity index (χ1v) is 14.4. The van der Waals surface area contributed by atoms with E-state index in [1.165, 1.54) is 18.2 Å². The summed E-state index contributed by atoms with van der Waals surface area (Å²) < 4.78 is 11.2. The summed E-state index contributed by atoms with van der Waals surface area (Å²) in [5.41, 5.74) is 3.30. The van der Waals surface area contributed by atoms with Crippen molar-refractivity contribution >= 4 is 47.2 Å². The van der Waals surface area contributed by atoms with Crippen molar-refractivity contribution in [3.05, 3.63) is 135 Å². The summed E-state index contributed by atoms with van der Waals surface area (Å²) in [6.45, 7) is 0.444. The third-order valence-electron chi connectivity index (χ3n) is 7.17. The molecule has 1 unspecified atom stereocenters. The Balaban J connectivity index is 1.48. The number of aliphatic imine (C=N–C) groups is 1.